The van der Waals surface area contributed by atoms with Crippen molar-refractivity contribution in [1.29, 1.82) is 0 Å². The Morgan fingerprint density at radius 1 is 1.16 bits per heavy atom. The lowest BCUT2D eigenvalue weighted by molar-refractivity contribution is -0.159. The maximum Gasteiger partial charge on any atom is 0.303 e. The van der Waals surface area contributed by atoms with Gasteiger partial charge >= 0.3 is 5.97 Å². The average Bonchev–Trinajstić information content (AvgIpc) is 2.65. The molecule has 31 heavy (non-hydrogen) atoms. The predicted molar refractivity (Wildman–Crippen MR) is 132 cm³/mol. The van der Waals surface area contributed by atoms with Crippen molar-refractivity contribution in [2.75, 3.05) is 6.61 Å². The van der Waals surface area contributed by atoms with Crippen LogP contribution in [0.25, 0.3) is 0 Å². The summed E-state index contributed by atoms with van der Waals surface area (Å²) in [5.41, 5.74) is 0.555. The molecule has 0 saturated heterocycles. The number of esters is 1. The minimum absolute atomic E-state index is 0.0482. The largest absolute Gasteiger partial charge is 0.459 e. The summed E-state index contributed by atoms with van der Waals surface area (Å²) < 4.78 is 18.4. The fourth-order valence-electron chi connectivity index (χ4n) is 3.32. The van der Waals surface area contributed by atoms with Gasteiger partial charge in [0.05, 0.1) is 12.7 Å². The van der Waals surface area contributed by atoms with Gasteiger partial charge < -0.3 is 13.9 Å². The topological polar surface area (TPSA) is 44.8 Å². The highest BCUT2D eigenvalue weighted by molar-refractivity contribution is 6.74. The molecule has 0 aliphatic heterocycles. The van der Waals surface area contributed by atoms with Gasteiger partial charge in [0, 0.05) is 20.0 Å². The molecule has 0 heterocycles. The molecule has 0 amide bonds. The minimum Gasteiger partial charge on any atom is -0.459 e. The Labute approximate surface area is 191 Å². The molecule has 176 valence electrons. The first kappa shape index (κ1) is 27.6. The highest BCUT2D eigenvalue weighted by Gasteiger charge is 2.42. The second kappa shape index (κ2) is 12.0. The van der Waals surface area contributed by atoms with Gasteiger partial charge in [0.25, 0.3) is 0 Å². The number of carbonyl (C=O) groups excluding carboxylic acids is 1. The van der Waals surface area contributed by atoms with Gasteiger partial charge in [-0.2, -0.15) is 0 Å². The van der Waals surface area contributed by atoms with E-state index >= 15 is 0 Å². The summed E-state index contributed by atoms with van der Waals surface area (Å²) in [5, 5.41) is 0.106. The van der Waals surface area contributed by atoms with Gasteiger partial charge in [-0.05, 0) is 49.4 Å². The van der Waals surface area contributed by atoms with Crippen molar-refractivity contribution in [3.8, 4) is 0 Å². The Hall–Kier alpha value is -1.43. The van der Waals surface area contributed by atoms with E-state index in [0.29, 0.717) is 19.6 Å². The van der Waals surface area contributed by atoms with E-state index < -0.39 is 13.9 Å². The summed E-state index contributed by atoms with van der Waals surface area (Å²) in [6.45, 7) is 22.1. The summed E-state index contributed by atoms with van der Waals surface area (Å²) in [6.07, 6.45) is 4.07. The van der Waals surface area contributed by atoms with Crippen LogP contribution in [0.2, 0.25) is 18.1 Å². The molecule has 5 heteroatoms. The quantitative estimate of drug-likeness (QED) is 0.142. The van der Waals surface area contributed by atoms with Gasteiger partial charge in [-0.25, -0.2) is 0 Å². The molecule has 0 N–H and O–H groups in total. The Balaban J connectivity index is 2.80. The SMILES string of the molecule is C=C[C@@H](C)[C@H](C[C@@](C)(CCCOCc1ccccc1)OC(C)=O)O[Si](C)(C)C(C)(C)C. The molecule has 4 nitrogen and oxygen atoms in total. The first-order valence-electron chi connectivity index (χ1n) is 11.4. The van der Waals surface area contributed by atoms with Crippen molar-refractivity contribution in [2.24, 2.45) is 5.92 Å². The van der Waals surface area contributed by atoms with Crippen LogP contribution in [0, 0.1) is 5.92 Å². The van der Waals surface area contributed by atoms with E-state index in [1.165, 1.54) is 6.92 Å². The van der Waals surface area contributed by atoms with Crippen LogP contribution in [0.3, 0.4) is 0 Å². The second-order valence-corrected chi connectivity index (χ2v) is 15.2. The molecule has 1 aromatic carbocycles. The van der Waals surface area contributed by atoms with Crippen molar-refractivity contribution in [1.82, 2.24) is 0 Å². The van der Waals surface area contributed by atoms with Gasteiger partial charge in [-0.15, -0.1) is 6.58 Å². The zero-order valence-electron chi connectivity index (χ0n) is 21.0. The summed E-state index contributed by atoms with van der Waals surface area (Å²) in [6, 6.07) is 10.1. The zero-order valence-corrected chi connectivity index (χ0v) is 22.0. The molecular formula is C26H44O4Si. The van der Waals surface area contributed by atoms with Crippen LogP contribution in [-0.4, -0.2) is 32.6 Å². The third-order valence-electron chi connectivity index (χ3n) is 6.34. The first-order chi connectivity index (χ1) is 14.3. The number of rotatable bonds is 13. The van der Waals surface area contributed by atoms with Gasteiger partial charge in [-0.3, -0.25) is 4.79 Å². The molecule has 0 spiro atoms. The molecule has 3 atom stereocenters. The maximum absolute atomic E-state index is 11.9. The molecule has 0 aliphatic carbocycles. The summed E-state index contributed by atoms with van der Waals surface area (Å²) >= 11 is 0. The number of ether oxygens (including phenoxy) is 2. The molecule has 0 aromatic heterocycles. The first-order valence-corrected chi connectivity index (χ1v) is 14.3. The van der Waals surface area contributed by atoms with Crippen LogP contribution in [0.1, 0.15) is 66.4 Å². The van der Waals surface area contributed by atoms with Crippen LogP contribution >= 0.6 is 0 Å². The maximum atomic E-state index is 11.9. The molecule has 1 rings (SSSR count). The lowest BCUT2D eigenvalue weighted by Crippen LogP contribution is -2.48. The van der Waals surface area contributed by atoms with E-state index in [1.54, 1.807) is 0 Å². The van der Waals surface area contributed by atoms with E-state index in [4.69, 9.17) is 13.9 Å². The van der Waals surface area contributed by atoms with Crippen LogP contribution in [0.4, 0.5) is 0 Å². The van der Waals surface area contributed by atoms with E-state index in [1.807, 2.05) is 31.2 Å². The van der Waals surface area contributed by atoms with Crippen LogP contribution in [-0.2, 0) is 25.3 Å². The molecule has 0 saturated carbocycles. The van der Waals surface area contributed by atoms with Gasteiger partial charge in [-0.1, -0.05) is 64.1 Å². The third kappa shape index (κ3) is 9.71. The van der Waals surface area contributed by atoms with Crippen LogP contribution < -0.4 is 0 Å². The van der Waals surface area contributed by atoms with E-state index in [9.17, 15) is 4.79 Å². The molecule has 0 bridgehead atoms. The molecular weight excluding hydrogens is 404 g/mol. The highest BCUT2D eigenvalue weighted by atomic mass is 28.4. The van der Waals surface area contributed by atoms with Crippen molar-refractivity contribution >= 4 is 14.3 Å². The van der Waals surface area contributed by atoms with Gasteiger partial charge in [0.2, 0.25) is 0 Å². The molecule has 0 aliphatic rings. The van der Waals surface area contributed by atoms with Crippen molar-refractivity contribution < 1.29 is 18.7 Å². The third-order valence-corrected chi connectivity index (χ3v) is 10.8. The summed E-state index contributed by atoms with van der Waals surface area (Å²) in [5.74, 6) is -0.0941. The Morgan fingerprint density at radius 3 is 2.29 bits per heavy atom. The minimum atomic E-state index is -1.98. The summed E-state index contributed by atoms with van der Waals surface area (Å²) in [4.78, 5) is 11.9. The van der Waals surface area contributed by atoms with Crippen molar-refractivity contribution in [2.45, 2.75) is 97.2 Å². The van der Waals surface area contributed by atoms with E-state index in [2.05, 4.69) is 59.5 Å². The Kier molecular flexibility index (Phi) is 10.7. The lowest BCUT2D eigenvalue weighted by atomic mass is 9.88. The number of hydrogen-bond acceptors (Lipinski definition) is 4. The number of hydrogen-bond donors (Lipinski definition) is 0. The smallest absolute Gasteiger partial charge is 0.303 e. The monoisotopic (exact) mass is 448 g/mol. The van der Waals surface area contributed by atoms with Gasteiger partial charge in [0.15, 0.2) is 8.32 Å². The fourth-order valence-corrected chi connectivity index (χ4v) is 4.73. The number of carbonyl (C=O) groups is 1. The zero-order chi connectivity index (χ0) is 23.7. The van der Waals surface area contributed by atoms with E-state index in [-0.39, 0.29) is 23.0 Å². The number of benzene rings is 1. The average molecular weight is 449 g/mol. The molecule has 0 fully saturated rings. The van der Waals surface area contributed by atoms with Crippen LogP contribution in [0.15, 0.2) is 43.0 Å². The Morgan fingerprint density at radius 2 is 1.77 bits per heavy atom. The lowest BCUT2D eigenvalue weighted by Gasteiger charge is -2.43. The van der Waals surface area contributed by atoms with Crippen molar-refractivity contribution in [3.63, 3.8) is 0 Å². The fraction of sp³-hybridized carbons (Fsp3) is 0.654. The van der Waals surface area contributed by atoms with E-state index in [0.717, 1.165) is 18.4 Å². The second-order valence-electron chi connectivity index (χ2n) is 10.4. The highest BCUT2D eigenvalue weighted by Crippen LogP contribution is 2.40. The Bertz CT molecular complexity index is 680. The predicted octanol–water partition coefficient (Wildman–Crippen LogP) is 6.91. The van der Waals surface area contributed by atoms with Crippen molar-refractivity contribution in [3.05, 3.63) is 48.6 Å². The summed E-state index contributed by atoms with van der Waals surface area (Å²) in [7, 11) is -1.98. The van der Waals surface area contributed by atoms with Crippen LogP contribution in [0.5, 0.6) is 0 Å². The molecule has 1 aromatic rings. The molecule has 0 radical (unpaired) electrons. The normalized spacial score (nSPS) is 16.3. The standard InChI is InChI=1S/C26H44O4Si/c1-10-21(2)24(30-31(8,9)25(4,5)6)19-26(7,29-22(3)27)17-14-18-28-20-23-15-12-11-13-16-23/h10-13,15-16,21,24H,1,14,17-20H2,2-9H3/t21-,24+,26-/m1/s1. The molecule has 0 unspecified atom stereocenters. The van der Waals surface area contributed by atoms with Gasteiger partial charge in [0.1, 0.15) is 5.60 Å².